The average molecular weight is 244 g/mol. The van der Waals surface area contributed by atoms with Gasteiger partial charge in [0.1, 0.15) is 0 Å². The molecule has 96 valence electrons. The Labute approximate surface area is 109 Å². The topological polar surface area (TPSA) is 26.3 Å². The molecular weight excluding hydrogens is 224 g/mol. The maximum absolute atomic E-state index is 11.8. The Morgan fingerprint density at radius 2 is 1.94 bits per heavy atom. The molecule has 0 aliphatic rings. The van der Waals surface area contributed by atoms with Gasteiger partial charge in [0.2, 0.25) is 0 Å². The highest BCUT2D eigenvalue weighted by Crippen LogP contribution is 2.10. The standard InChI is InChI=1S/C16H20O2/c1-3-5-7-12-15(16(17)18-4-2)13-14-10-8-6-9-11-14/h6-13H,3-5H2,1-2H3/b12-7+,15-13+. The monoisotopic (exact) mass is 244 g/mol. The van der Waals surface area contributed by atoms with Gasteiger partial charge in [-0.15, -0.1) is 0 Å². The van der Waals surface area contributed by atoms with E-state index in [0.29, 0.717) is 12.2 Å². The van der Waals surface area contributed by atoms with Crippen LogP contribution in [0.2, 0.25) is 0 Å². The van der Waals surface area contributed by atoms with Crippen molar-refractivity contribution in [1.82, 2.24) is 0 Å². The number of hydrogen-bond donors (Lipinski definition) is 0. The second kappa shape index (κ2) is 8.29. The van der Waals surface area contributed by atoms with Gasteiger partial charge in [-0.1, -0.05) is 55.8 Å². The predicted octanol–water partition coefficient (Wildman–Crippen LogP) is 3.99. The number of allylic oxidation sites excluding steroid dienone is 1. The van der Waals surface area contributed by atoms with Crippen molar-refractivity contribution in [2.45, 2.75) is 26.7 Å². The minimum absolute atomic E-state index is 0.270. The lowest BCUT2D eigenvalue weighted by molar-refractivity contribution is -0.138. The number of hydrogen-bond acceptors (Lipinski definition) is 2. The largest absolute Gasteiger partial charge is 0.462 e. The highest BCUT2D eigenvalue weighted by molar-refractivity contribution is 5.96. The lowest BCUT2D eigenvalue weighted by Crippen LogP contribution is -2.05. The summed E-state index contributed by atoms with van der Waals surface area (Å²) in [5.41, 5.74) is 1.60. The van der Waals surface area contributed by atoms with E-state index in [-0.39, 0.29) is 5.97 Å². The zero-order chi connectivity index (χ0) is 13.2. The number of carbonyl (C=O) groups is 1. The molecule has 0 N–H and O–H groups in total. The number of benzene rings is 1. The van der Waals surface area contributed by atoms with Crippen LogP contribution in [-0.4, -0.2) is 12.6 Å². The zero-order valence-corrected chi connectivity index (χ0v) is 11.1. The molecule has 0 amide bonds. The summed E-state index contributed by atoms with van der Waals surface area (Å²) < 4.78 is 5.05. The third-order valence-corrected chi connectivity index (χ3v) is 2.39. The van der Waals surface area contributed by atoms with Crippen molar-refractivity contribution in [3.8, 4) is 0 Å². The van der Waals surface area contributed by atoms with Crippen molar-refractivity contribution in [2.75, 3.05) is 6.61 Å². The zero-order valence-electron chi connectivity index (χ0n) is 11.1. The summed E-state index contributed by atoms with van der Waals surface area (Å²) in [5.74, 6) is -0.270. The van der Waals surface area contributed by atoms with Gasteiger partial charge in [0.15, 0.2) is 0 Å². The van der Waals surface area contributed by atoms with E-state index in [2.05, 4.69) is 6.92 Å². The SMILES string of the molecule is CCC/C=C/C(=C\c1ccccc1)C(=O)OCC. The van der Waals surface area contributed by atoms with Crippen molar-refractivity contribution >= 4 is 12.0 Å². The molecule has 0 aromatic heterocycles. The van der Waals surface area contributed by atoms with Crippen LogP contribution >= 0.6 is 0 Å². The van der Waals surface area contributed by atoms with Gasteiger partial charge in [-0.3, -0.25) is 0 Å². The van der Waals surface area contributed by atoms with Crippen LogP contribution in [0.25, 0.3) is 6.08 Å². The molecule has 2 nitrogen and oxygen atoms in total. The predicted molar refractivity (Wildman–Crippen MR) is 75.1 cm³/mol. The molecule has 1 rings (SSSR count). The number of unbranched alkanes of at least 4 members (excludes halogenated alkanes) is 1. The Morgan fingerprint density at radius 1 is 1.22 bits per heavy atom. The minimum atomic E-state index is -0.270. The van der Waals surface area contributed by atoms with Gasteiger partial charge >= 0.3 is 5.97 Å². The van der Waals surface area contributed by atoms with Crippen LogP contribution in [0.5, 0.6) is 0 Å². The summed E-state index contributed by atoms with van der Waals surface area (Å²) in [5, 5.41) is 0. The molecular formula is C16H20O2. The van der Waals surface area contributed by atoms with E-state index in [1.807, 2.05) is 55.5 Å². The van der Waals surface area contributed by atoms with Gasteiger partial charge in [0, 0.05) is 0 Å². The first-order chi connectivity index (χ1) is 8.77. The summed E-state index contributed by atoms with van der Waals surface area (Å²) in [7, 11) is 0. The second-order valence-corrected chi connectivity index (χ2v) is 3.92. The van der Waals surface area contributed by atoms with Crippen molar-refractivity contribution in [1.29, 1.82) is 0 Å². The third-order valence-electron chi connectivity index (χ3n) is 2.39. The van der Waals surface area contributed by atoms with Gasteiger partial charge in [-0.05, 0) is 25.0 Å². The molecule has 0 fully saturated rings. The second-order valence-electron chi connectivity index (χ2n) is 3.92. The average Bonchev–Trinajstić information content (AvgIpc) is 2.39. The number of carbonyl (C=O) groups excluding carboxylic acids is 1. The lowest BCUT2D eigenvalue weighted by Gasteiger charge is -2.03. The van der Waals surface area contributed by atoms with Crippen molar-refractivity contribution in [3.05, 3.63) is 53.6 Å². The Kier molecular flexibility index (Phi) is 6.55. The summed E-state index contributed by atoms with van der Waals surface area (Å²) in [6, 6.07) is 9.78. The van der Waals surface area contributed by atoms with Gasteiger partial charge in [-0.25, -0.2) is 4.79 Å². The Balaban J connectivity index is 2.89. The number of ether oxygens (including phenoxy) is 1. The molecule has 0 heterocycles. The molecule has 0 spiro atoms. The lowest BCUT2D eigenvalue weighted by atomic mass is 10.1. The van der Waals surface area contributed by atoms with Crippen LogP contribution in [0, 0.1) is 0 Å². The summed E-state index contributed by atoms with van der Waals surface area (Å²) >= 11 is 0. The normalized spacial score (nSPS) is 11.8. The molecule has 0 saturated carbocycles. The first-order valence-electron chi connectivity index (χ1n) is 6.38. The quantitative estimate of drug-likeness (QED) is 0.429. The van der Waals surface area contributed by atoms with E-state index >= 15 is 0 Å². The van der Waals surface area contributed by atoms with E-state index < -0.39 is 0 Å². The number of esters is 1. The van der Waals surface area contributed by atoms with Crippen LogP contribution in [0.4, 0.5) is 0 Å². The van der Waals surface area contributed by atoms with Crippen LogP contribution in [0.3, 0.4) is 0 Å². The fourth-order valence-electron chi connectivity index (χ4n) is 1.50. The molecule has 0 aliphatic carbocycles. The molecule has 0 radical (unpaired) electrons. The molecule has 0 saturated heterocycles. The maximum Gasteiger partial charge on any atom is 0.338 e. The molecule has 1 aromatic rings. The Morgan fingerprint density at radius 3 is 2.56 bits per heavy atom. The Hall–Kier alpha value is -1.83. The van der Waals surface area contributed by atoms with E-state index in [4.69, 9.17) is 4.74 Å². The molecule has 0 bridgehead atoms. The summed E-state index contributed by atoms with van der Waals surface area (Å²) in [6.07, 6.45) is 7.73. The number of rotatable bonds is 6. The molecule has 18 heavy (non-hydrogen) atoms. The molecule has 2 heteroatoms. The fraction of sp³-hybridized carbons (Fsp3) is 0.312. The summed E-state index contributed by atoms with van der Waals surface area (Å²) in [4.78, 5) is 11.8. The van der Waals surface area contributed by atoms with E-state index in [1.54, 1.807) is 0 Å². The highest BCUT2D eigenvalue weighted by atomic mass is 16.5. The maximum atomic E-state index is 11.8. The van der Waals surface area contributed by atoms with Crippen LogP contribution in [0.1, 0.15) is 32.3 Å². The smallest absolute Gasteiger partial charge is 0.338 e. The fourth-order valence-corrected chi connectivity index (χ4v) is 1.50. The van der Waals surface area contributed by atoms with Gasteiger partial charge < -0.3 is 4.74 Å². The van der Waals surface area contributed by atoms with Crippen LogP contribution in [-0.2, 0) is 9.53 Å². The molecule has 0 unspecified atom stereocenters. The van der Waals surface area contributed by atoms with E-state index in [1.165, 1.54) is 0 Å². The minimum Gasteiger partial charge on any atom is -0.462 e. The molecule has 0 aliphatic heterocycles. The van der Waals surface area contributed by atoms with Crippen LogP contribution in [0.15, 0.2) is 48.1 Å². The van der Waals surface area contributed by atoms with Crippen molar-refractivity contribution in [2.24, 2.45) is 0 Å². The van der Waals surface area contributed by atoms with Gasteiger partial charge in [0.25, 0.3) is 0 Å². The molecule has 0 atom stereocenters. The van der Waals surface area contributed by atoms with Crippen LogP contribution < -0.4 is 0 Å². The molecule has 1 aromatic carbocycles. The van der Waals surface area contributed by atoms with Crippen molar-refractivity contribution in [3.63, 3.8) is 0 Å². The highest BCUT2D eigenvalue weighted by Gasteiger charge is 2.06. The van der Waals surface area contributed by atoms with E-state index in [9.17, 15) is 4.79 Å². The van der Waals surface area contributed by atoms with Gasteiger partial charge in [-0.2, -0.15) is 0 Å². The van der Waals surface area contributed by atoms with Crippen molar-refractivity contribution < 1.29 is 9.53 Å². The summed E-state index contributed by atoms with van der Waals surface area (Å²) in [6.45, 7) is 4.32. The Bertz CT molecular complexity index is 416. The van der Waals surface area contributed by atoms with E-state index in [0.717, 1.165) is 18.4 Å². The first-order valence-corrected chi connectivity index (χ1v) is 6.38. The van der Waals surface area contributed by atoms with Gasteiger partial charge in [0.05, 0.1) is 12.2 Å². The third kappa shape index (κ3) is 5.00. The first kappa shape index (κ1) is 14.2.